The third-order valence-electron chi connectivity index (χ3n) is 5.49. The zero-order valence-electron chi connectivity index (χ0n) is 13.2. The molecule has 2 saturated carbocycles. The highest BCUT2D eigenvalue weighted by atomic mass is 16.2. The molecule has 3 nitrogen and oxygen atoms in total. The molecule has 2 aliphatic rings. The number of carbonyl (C=O) groups is 1. The van der Waals surface area contributed by atoms with E-state index < -0.39 is 0 Å². The molecule has 2 aliphatic carbocycles. The summed E-state index contributed by atoms with van der Waals surface area (Å²) in [6, 6.07) is 0.433. The summed E-state index contributed by atoms with van der Waals surface area (Å²) in [5.74, 6) is 1.59. The summed E-state index contributed by atoms with van der Waals surface area (Å²) in [7, 11) is 0. The van der Waals surface area contributed by atoms with Gasteiger partial charge in [0.2, 0.25) is 5.91 Å². The molecular weight excluding hydrogens is 248 g/mol. The van der Waals surface area contributed by atoms with Crippen LogP contribution < -0.4 is 11.1 Å². The Labute approximate surface area is 124 Å². The highest BCUT2D eigenvalue weighted by molar-refractivity contribution is 5.79. The molecule has 0 aromatic carbocycles. The Kier molecular flexibility index (Phi) is 5.88. The maximum atomic E-state index is 12.6. The second-order valence-corrected chi connectivity index (χ2v) is 7.11. The normalized spacial score (nSPS) is 33.6. The zero-order chi connectivity index (χ0) is 14.5. The van der Waals surface area contributed by atoms with E-state index in [0.717, 1.165) is 19.3 Å². The molecule has 0 aromatic rings. The molecule has 4 atom stereocenters. The Bertz CT molecular complexity index is 312. The smallest absolute Gasteiger partial charge is 0.224 e. The van der Waals surface area contributed by atoms with Crippen LogP contribution in [0.5, 0.6) is 0 Å². The summed E-state index contributed by atoms with van der Waals surface area (Å²) in [6.45, 7) is 4.44. The molecule has 0 aliphatic heterocycles. The highest BCUT2D eigenvalue weighted by Gasteiger charge is 2.33. The van der Waals surface area contributed by atoms with Crippen molar-refractivity contribution in [3.8, 4) is 0 Å². The van der Waals surface area contributed by atoms with Gasteiger partial charge in [0.25, 0.3) is 0 Å². The molecule has 0 aromatic heterocycles. The summed E-state index contributed by atoms with van der Waals surface area (Å²) in [5, 5.41) is 3.34. The van der Waals surface area contributed by atoms with Gasteiger partial charge in [0, 0.05) is 12.1 Å². The van der Waals surface area contributed by atoms with E-state index in [1.54, 1.807) is 0 Å². The van der Waals surface area contributed by atoms with Crippen molar-refractivity contribution < 1.29 is 4.79 Å². The molecule has 3 N–H and O–H groups in total. The largest absolute Gasteiger partial charge is 0.353 e. The van der Waals surface area contributed by atoms with Crippen LogP contribution in [0.15, 0.2) is 0 Å². The first-order valence-corrected chi connectivity index (χ1v) is 8.67. The molecule has 1 amide bonds. The van der Waals surface area contributed by atoms with Crippen molar-refractivity contribution in [2.75, 3.05) is 0 Å². The number of nitrogens with two attached hydrogens (primary N) is 1. The van der Waals surface area contributed by atoms with Gasteiger partial charge in [0.05, 0.1) is 5.92 Å². The minimum absolute atomic E-state index is 0.0383. The second kappa shape index (κ2) is 7.44. The monoisotopic (exact) mass is 280 g/mol. The first-order chi connectivity index (χ1) is 9.61. The fourth-order valence-corrected chi connectivity index (χ4v) is 4.09. The standard InChI is InChI=1S/C17H32N2O/c1-3-16(13-7-5-4-6-8-13)19-17(20)14-11-12(2)9-10-15(14)18/h12-16H,3-11,18H2,1-2H3,(H,19,20). The van der Waals surface area contributed by atoms with Gasteiger partial charge in [-0.2, -0.15) is 0 Å². The Hall–Kier alpha value is -0.570. The first kappa shape index (κ1) is 15.8. The molecule has 2 fully saturated rings. The Morgan fingerprint density at radius 1 is 1.20 bits per heavy atom. The van der Waals surface area contributed by atoms with Crippen molar-refractivity contribution in [1.29, 1.82) is 0 Å². The summed E-state index contributed by atoms with van der Waals surface area (Å²) in [5.41, 5.74) is 6.18. The Morgan fingerprint density at radius 2 is 1.90 bits per heavy atom. The van der Waals surface area contributed by atoms with Gasteiger partial charge in [0.15, 0.2) is 0 Å². The minimum Gasteiger partial charge on any atom is -0.353 e. The molecule has 2 rings (SSSR count). The van der Waals surface area contributed by atoms with Crippen molar-refractivity contribution >= 4 is 5.91 Å². The molecule has 0 bridgehead atoms. The van der Waals surface area contributed by atoms with Gasteiger partial charge in [-0.15, -0.1) is 0 Å². The molecule has 4 unspecified atom stereocenters. The van der Waals surface area contributed by atoms with E-state index in [4.69, 9.17) is 5.73 Å². The van der Waals surface area contributed by atoms with Crippen LogP contribution in [-0.2, 0) is 4.79 Å². The molecule has 0 heterocycles. The highest BCUT2D eigenvalue weighted by Crippen LogP contribution is 2.30. The lowest BCUT2D eigenvalue weighted by atomic mass is 9.78. The molecule has 0 radical (unpaired) electrons. The third kappa shape index (κ3) is 3.97. The summed E-state index contributed by atoms with van der Waals surface area (Å²) in [6.07, 6.45) is 10.8. The van der Waals surface area contributed by atoms with Gasteiger partial charge in [-0.05, 0) is 50.4 Å². The number of amides is 1. The van der Waals surface area contributed by atoms with E-state index in [9.17, 15) is 4.79 Å². The topological polar surface area (TPSA) is 55.1 Å². The van der Waals surface area contributed by atoms with Gasteiger partial charge in [-0.3, -0.25) is 4.79 Å². The number of carbonyl (C=O) groups excluding carboxylic acids is 1. The lowest BCUT2D eigenvalue weighted by Crippen LogP contribution is -2.49. The van der Waals surface area contributed by atoms with Crippen LogP contribution in [0.1, 0.15) is 71.6 Å². The van der Waals surface area contributed by atoms with E-state index >= 15 is 0 Å². The second-order valence-electron chi connectivity index (χ2n) is 7.11. The average molecular weight is 280 g/mol. The fraction of sp³-hybridized carbons (Fsp3) is 0.941. The zero-order valence-corrected chi connectivity index (χ0v) is 13.2. The van der Waals surface area contributed by atoms with Crippen LogP contribution in [-0.4, -0.2) is 18.0 Å². The minimum atomic E-state index is 0.0383. The van der Waals surface area contributed by atoms with E-state index in [-0.39, 0.29) is 17.9 Å². The fourth-order valence-electron chi connectivity index (χ4n) is 4.09. The van der Waals surface area contributed by atoms with Crippen molar-refractivity contribution in [2.45, 2.75) is 83.7 Å². The van der Waals surface area contributed by atoms with E-state index in [1.807, 2.05) is 0 Å². The lowest BCUT2D eigenvalue weighted by Gasteiger charge is -2.35. The van der Waals surface area contributed by atoms with Crippen LogP contribution >= 0.6 is 0 Å². The van der Waals surface area contributed by atoms with Crippen molar-refractivity contribution in [3.63, 3.8) is 0 Å². The third-order valence-corrected chi connectivity index (χ3v) is 5.49. The van der Waals surface area contributed by atoms with Gasteiger partial charge in [-0.25, -0.2) is 0 Å². The van der Waals surface area contributed by atoms with Gasteiger partial charge in [-0.1, -0.05) is 33.1 Å². The Morgan fingerprint density at radius 3 is 2.55 bits per heavy atom. The van der Waals surface area contributed by atoms with E-state index in [0.29, 0.717) is 17.9 Å². The summed E-state index contributed by atoms with van der Waals surface area (Å²) in [4.78, 5) is 12.6. The SMILES string of the molecule is CCC(NC(=O)C1CC(C)CCC1N)C1CCCCC1. The van der Waals surface area contributed by atoms with Crippen molar-refractivity contribution in [1.82, 2.24) is 5.32 Å². The average Bonchev–Trinajstić information content (AvgIpc) is 2.48. The van der Waals surface area contributed by atoms with Gasteiger partial charge in [0.1, 0.15) is 0 Å². The van der Waals surface area contributed by atoms with Crippen LogP contribution in [0, 0.1) is 17.8 Å². The maximum Gasteiger partial charge on any atom is 0.224 e. The van der Waals surface area contributed by atoms with Crippen LogP contribution in [0.2, 0.25) is 0 Å². The molecule has 0 saturated heterocycles. The Balaban J connectivity index is 1.90. The van der Waals surface area contributed by atoms with E-state index in [1.165, 1.54) is 38.5 Å². The first-order valence-electron chi connectivity index (χ1n) is 8.67. The molecule has 0 spiro atoms. The van der Waals surface area contributed by atoms with Gasteiger partial charge < -0.3 is 11.1 Å². The molecule has 3 heteroatoms. The summed E-state index contributed by atoms with van der Waals surface area (Å²) >= 11 is 0. The van der Waals surface area contributed by atoms with Crippen LogP contribution in [0.3, 0.4) is 0 Å². The number of nitrogens with one attached hydrogen (secondary N) is 1. The molecule has 20 heavy (non-hydrogen) atoms. The number of hydrogen-bond donors (Lipinski definition) is 2. The predicted octanol–water partition coefficient (Wildman–Crippen LogP) is 3.23. The van der Waals surface area contributed by atoms with Crippen LogP contribution in [0.25, 0.3) is 0 Å². The van der Waals surface area contributed by atoms with Crippen LogP contribution in [0.4, 0.5) is 0 Å². The number of rotatable bonds is 4. The lowest BCUT2D eigenvalue weighted by molar-refractivity contribution is -0.128. The molecule has 116 valence electrons. The van der Waals surface area contributed by atoms with Gasteiger partial charge >= 0.3 is 0 Å². The quantitative estimate of drug-likeness (QED) is 0.830. The van der Waals surface area contributed by atoms with E-state index in [2.05, 4.69) is 19.2 Å². The summed E-state index contributed by atoms with van der Waals surface area (Å²) < 4.78 is 0. The number of hydrogen-bond acceptors (Lipinski definition) is 2. The predicted molar refractivity (Wildman–Crippen MR) is 83.3 cm³/mol. The molecular formula is C17H32N2O. The maximum absolute atomic E-state index is 12.6. The van der Waals surface area contributed by atoms with Crippen molar-refractivity contribution in [2.24, 2.45) is 23.5 Å². The van der Waals surface area contributed by atoms with Crippen molar-refractivity contribution in [3.05, 3.63) is 0 Å².